The molecule has 1 heterocycles. The van der Waals surface area contributed by atoms with E-state index in [0.29, 0.717) is 10.5 Å². The zero-order chi connectivity index (χ0) is 17.1. The lowest BCUT2D eigenvalue weighted by Gasteiger charge is -2.14. The average molecular weight is 407 g/mol. The van der Waals surface area contributed by atoms with Crippen molar-refractivity contribution in [3.8, 4) is 0 Å². The number of halogens is 2. The van der Waals surface area contributed by atoms with Crippen LogP contribution in [0.15, 0.2) is 57.9 Å². The van der Waals surface area contributed by atoms with Crippen LogP contribution in [-0.4, -0.2) is 22.7 Å². The summed E-state index contributed by atoms with van der Waals surface area (Å²) in [6.45, 7) is 0.0852. The third kappa shape index (κ3) is 3.85. The Kier molecular flexibility index (Phi) is 5.01. The average Bonchev–Trinajstić information content (AvgIpc) is 2.82. The Balaban J connectivity index is 1.71. The van der Waals surface area contributed by atoms with Crippen LogP contribution in [0.3, 0.4) is 0 Å². The first-order chi connectivity index (χ1) is 11.5. The largest absolute Gasteiger partial charge is 0.367 e. The van der Waals surface area contributed by atoms with Gasteiger partial charge in [0.2, 0.25) is 0 Å². The molecule has 24 heavy (non-hydrogen) atoms. The molecule has 0 saturated carbocycles. The van der Waals surface area contributed by atoms with Gasteiger partial charge in [0.1, 0.15) is 5.82 Å². The highest BCUT2D eigenvalue weighted by Crippen LogP contribution is 2.32. The Bertz CT molecular complexity index is 824. The van der Waals surface area contributed by atoms with Gasteiger partial charge < -0.3 is 5.32 Å². The van der Waals surface area contributed by atoms with Crippen molar-refractivity contribution < 1.29 is 14.0 Å². The fourth-order valence-corrected chi connectivity index (χ4v) is 3.35. The minimum Gasteiger partial charge on any atom is -0.367 e. The lowest BCUT2D eigenvalue weighted by atomic mass is 10.2. The van der Waals surface area contributed by atoms with Crippen LogP contribution in [0.1, 0.15) is 5.56 Å². The third-order valence-electron chi connectivity index (χ3n) is 3.31. The maximum atomic E-state index is 12.9. The highest BCUT2D eigenvalue weighted by Gasteiger charge is 2.34. The number of imide groups is 1. The van der Waals surface area contributed by atoms with Gasteiger partial charge in [0.05, 0.1) is 11.6 Å². The van der Waals surface area contributed by atoms with Gasteiger partial charge in [-0.2, -0.15) is 0 Å². The summed E-state index contributed by atoms with van der Waals surface area (Å²) in [6, 6.07) is 13.2. The Morgan fingerprint density at radius 3 is 2.62 bits per heavy atom. The second-order valence-electron chi connectivity index (χ2n) is 5.01. The molecule has 2 aromatic carbocycles. The van der Waals surface area contributed by atoms with Crippen LogP contribution in [0.5, 0.6) is 0 Å². The Hall–Kier alpha value is -2.12. The minimum absolute atomic E-state index is 0.0852. The van der Waals surface area contributed by atoms with E-state index in [0.717, 1.165) is 26.8 Å². The molecule has 7 heteroatoms. The van der Waals surface area contributed by atoms with Gasteiger partial charge in [-0.05, 0) is 53.7 Å². The quantitative estimate of drug-likeness (QED) is 0.747. The summed E-state index contributed by atoms with van der Waals surface area (Å²) in [7, 11) is 0. The van der Waals surface area contributed by atoms with Crippen molar-refractivity contribution in [2.45, 2.75) is 0 Å². The van der Waals surface area contributed by atoms with Gasteiger partial charge in [-0.15, -0.1) is 0 Å². The Morgan fingerprint density at radius 2 is 1.92 bits per heavy atom. The second kappa shape index (κ2) is 7.19. The molecule has 0 bridgehead atoms. The van der Waals surface area contributed by atoms with Crippen molar-refractivity contribution in [2.24, 2.45) is 0 Å². The SMILES string of the molecule is O=C1S/C(=C/c2ccc(F)cc2)C(=O)N1CNc1cccc(Br)c1. The predicted molar refractivity (Wildman–Crippen MR) is 96.8 cm³/mol. The normalized spacial score (nSPS) is 16.1. The number of carbonyl (C=O) groups is 2. The van der Waals surface area contributed by atoms with Gasteiger partial charge >= 0.3 is 0 Å². The Labute approximate surface area is 150 Å². The highest BCUT2D eigenvalue weighted by atomic mass is 79.9. The van der Waals surface area contributed by atoms with Crippen LogP contribution in [0.2, 0.25) is 0 Å². The molecule has 0 aliphatic carbocycles. The van der Waals surface area contributed by atoms with Gasteiger partial charge in [-0.25, -0.2) is 4.39 Å². The lowest BCUT2D eigenvalue weighted by molar-refractivity contribution is -0.122. The van der Waals surface area contributed by atoms with Crippen LogP contribution in [-0.2, 0) is 4.79 Å². The van der Waals surface area contributed by atoms with E-state index in [9.17, 15) is 14.0 Å². The number of hydrogen-bond donors (Lipinski definition) is 1. The molecule has 1 fully saturated rings. The predicted octanol–water partition coefficient (Wildman–Crippen LogP) is 4.69. The van der Waals surface area contributed by atoms with Crippen molar-refractivity contribution in [2.75, 3.05) is 12.0 Å². The number of amides is 2. The van der Waals surface area contributed by atoms with E-state index in [4.69, 9.17) is 0 Å². The number of rotatable bonds is 4. The highest BCUT2D eigenvalue weighted by molar-refractivity contribution is 9.10. The van der Waals surface area contributed by atoms with E-state index in [2.05, 4.69) is 21.2 Å². The molecule has 1 aliphatic heterocycles. The van der Waals surface area contributed by atoms with Crippen molar-refractivity contribution in [3.63, 3.8) is 0 Å². The summed E-state index contributed by atoms with van der Waals surface area (Å²) >= 11 is 4.24. The minimum atomic E-state index is -0.364. The first-order valence-corrected chi connectivity index (χ1v) is 8.64. The van der Waals surface area contributed by atoms with Crippen molar-refractivity contribution in [1.82, 2.24) is 4.90 Å². The molecule has 0 spiro atoms. The van der Waals surface area contributed by atoms with Gasteiger partial charge in [-0.1, -0.05) is 34.1 Å². The molecule has 2 amide bonds. The topological polar surface area (TPSA) is 49.4 Å². The van der Waals surface area contributed by atoms with Gasteiger partial charge in [0, 0.05) is 10.2 Å². The van der Waals surface area contributed by atoms with Gasteiger partial charge in [0.25, 0.3) is 11.1 Å². The first kappa shape index (κ1) is 16.7. The third-order valence-corrected chi connectivity index (χ3v) is 4.71. The van der Waals surface area contributed by atoms with Crippen LogP contribution in [0.25, 0.3) is 6.08 Å². The number of carbonyl (C=O) groups excluding carboxylic acids is 2. The summed E-state index contributed by atoms with van der Waals surface area (Å²) in [5.41, 5.74) is 1.47. The molecule has 1 saturated heterocycles. The van der Waals surface area contributed by atoms with Crippen LogP contribution in [0, 0.1) is 5.82 Å². The molecule has 0 unspecified atom stereocenters. The monoisotopic (exact) mass is 406 g/mol. The fraction of sp³-hybridized carbons (Fsp3) is 0.0588. The molecule has 0 aromatic heterocycles. The number of nitrogens with zero attached hydrogens (tertiary/aromatic N) is 1. The summed E-state index contributed by atoms with van der Waals surface area (Å²) in [5.74, 6) is -0.713. The number of thioether (sulfide) groups is 1. The van der Waals surface area contributed by atoms with E-state index in [1.165, 1.54) is 12.1 Å². The molecule has 0 radical (unpaired) electrons. The van der Waals surface area contributed by atoms with Crippen LogP contribution in [0.4, 0.5) is 14.9 Å². The van der Waals surface area contributed by atoms with Crippen molar-refractivity contribution in [1.29, 1.82) is 0 Å². The van der Waals surface area contributed by atoms with Crippen LogP contribution < -0.4 is 5.32 Å². The molecule has 0 atom stereocenters. The van der Waals surface area contributed by atoms with Gasteiger partial charge in [0.15, 0.2) is 0 Å². The van der Waals surface area contributed by atoms with Crippen molar-refractivity contribution in [3.05, 3.63) is 69.3 Å². The van der Waals surface area contributed by atoms with Crippen molar-refractivity contribution >= 4 is 50.6 Å². The number of hydrogen-bond acceptors (Lipinski definition) is 4. The zero-order valence-electron chi connectivity index (χ0n) is 12.3. The molecule has 3 rings (SSSR count). The first-order valence-electron chi connectivity index (χ1n) is 7.03. The van der Waals surface area contributed by atoms with E-state index in [-0.39, 0.29) is 23.6 Å². The summed E-state index contributed by atoms with van der Waals surface area (Å²) in [6.07, 6.45) is 1.59. The molecule has 4 nitrogen and oxygen atoms in total. The summed E-state index contributed by atoms with van der Waals surface area (Å²) in [4.78, 5) is 25.9. The Morgan fingerprint density at radius 1 is 1.17 bits per heavy atom. The summed E-state index contributed by atoms with van der Waals surface area (Å²) < 4.78 is 13.8. The molecular weight excluding hydrogens is 395 g/mol. The second-order valence-corrected chi connectivity index (χ2v) is 6.92. The van der Waals surface area contributed by atoms with E-state index < -0.39 is 0 Å². The lowest BCUT2D eigenvalue weighted by Crippen LogP contribution is -2.33. The van der Waals surface area contributed by atoms with Gasteiger partial charge in [-0.3, -0.25) is 14.5 Å². The standard InChI is InChI=1S/C17H12BrFN2O2S/c18-12-2-1-3-14(9-12)20-10-21-16(22)15(24-17(21)23)8-11-4-6-13(19)7-5-11/h1-9,20H,10H2/b15-8+. The number of anilines is 1. The fourth-order valence-electron chi connectivity index (χ4n) is 2.12. The molecule has 1 aliphatic rings. The smallest absolute Gasteiger partial charge is 0.295 e. The zero-order valence-corrected chi connectivity index (χ0v) is 14.7. The molecule has 122 valence electrons. The van der Waals surface area contributed by atoms with E-state index in [1.54, 1.807) is 18.2 Å². The van der Waals surface area contributed by atoms with Crippen LogP contribution >= 0.6 is 27.7 Å². The van der Waals surface area contributed by atoms with E-state index in [1.807, 2.05) is 24.3 Å². The maximum Gasteiger partial charge on any atom is 0.295 e. The number of nitrogens with one attached hydrogen (secondary N) is 1. The molecule has 1 N–H and O–H groups in total. The molecule has 2 aromatic rings. The summed E-state index contributed by atoms with van der Waals surface area (Å²) in [5, 5.41) is 2.71. The van der Waals surface area contributed by atoms with E-state index >= 15 is 0 Å². The number of benzene rings is 2. The molecular formula is C17H12BrFN2O2S. The maximum absolute atomic E-state index is 12.9.